The third-order valence-corrected chi connectivity index (χ3v) is 2.77. The van der Waals surface area contributed by atoms with Crippen molar-refractivity contribution >= 4 is 17.9 Å². The molecule has 0 aromatic carbocycles. The smallest absolute Gasteiger partial charge is 0.311 e. The van der Waals surface area contributed by atoms with E-state index >= 15 is 0 Å². The van der Waals surface area contributed by atoms with Crippen LogP contribution in [0.15, 0.2) is 0 Å². The molecule has 6 heteroatoms. The van der Waals surface area contributed by atoms with Crippen LogP contribution in [0.5, 0.6) is 0 Å². The van der Waals surface area contributed by atoms with Crippen LogP contribution in [0.1, 0.15) is 46.5 Å². The van der Waals surface area contributed by atoms with Gasteiger partial charge in [-0.3, -0.25) is 14.4 Å². The summed E-state index contributed by atoms with van der Waals surface area (Å²) < 4.78 is 9.74. The highest BCUT2D eigenvalue weighted by molar-refractivity contribution is 5.75. The Labute approximate surface area is 113 Å². The molecule has 0 aromatic heterocycles. The van der Waals surface area contributed by atoms with Crippen molar-refractivity contribution in [1.82, 2.24) is 0 Å². The van der Waals surface area contributed by atoms with Gasteiger partial charge >= 0.3 is 17.9 Å². The summed E-state index contributed by atoms with van der Waals surface area (Å²) in [5, 5.41) is 8.35. The lowest BCUT2D eigenvalue weighted by Gasteiger charge is -2.20. The van der Waals surface area contributed by atoms with E-state index in [1.807, 2.05) is 6.92 Å². The maximum Gasteiger partial charge on any atom is 0.311 e. The van der Waals surface area contributed by atoms with Crippen molar-refractivity contribution < 1.29 is 29.0 Å². The van der Waals surface area contributed by atoms with Crippen LogP contribution in [-0.2, 0) is 23.9 Å². The lowest BCUT2D eigenvalue weighted by molar-refractivity contribution is -0.155. The molecule has 0 fully saturated rings. The van der Waals surface area contributed by atoms with Crippen LogP contribution < -0.4 is 0 Å². The van der Waals surface area contributed by atoms with Crippen molar-refractivity contribution in [2.24, 2.45) is 5.41 Å². The quantitative estimate of drug-likeness (QED) is 0.509. The summed E-state index contributed by atoms with van der Waals surface area (Å²) in [5.41, 5.74) is -0.512. The number of hydrogen-bond donors (Lipinski definition) is 1. The van der Waals surface area contributed by atoms with E-state index < -0.39 is 17.4 Å². The Bertz CT molecular complexity index is 321. The average molecular weight is 274 g/mol. The molecule has 110 valence electrons. The second-order valence-electron chi connectivity index (χ2n) is 4.84. The Morgan fingerprint density at radius 2 is 1.68 bits per heavy atom. The van der Waals surface area contributed by atoms with E-state index in [2.05, 4.69) is 4.74 Å². The van der Waals surface area contributed by atoms with Gasteiger partial charge < -0.3 is 14.6 Å². The lowest BCUT2D eigenvalue weighted by Crippen LogP contribution is -2.26. The van der Waals surface area contributed by atoms with Crippen molar-refractivity contribution in [2.45, 2.75) is 46.5 Å². The monoisotopic (exact) mass is 274 g/mol. The van der Waals surface area contributed by atoms with Gasteiger partial charge in [-0.25, -0.2) is 0 Å². The maximum atomic E-state index is 11.6. The number of carbonyl (C=O) groups is 3. The van der Waals surface area contributed by atoms with E-state index in [-0.39, 0.29) is 32.0 Å². The molecule has 0 aliphatic heterocycles. The Kier molecular flexibility index (Phi) is 7.79. The highest BCUT2D eigenvalue weighted by Gasteiger charge is 2.26. The lowest BCUT2D eigenvalue weighted by atomic mass is 9.91. The molecule has 0 saturated carbocycles. The molecular weight excluding hydrogens is 252 g/mol. The number of carboxylic acids is 1. The van der Waals surface area contributed by atoms with Gasteiger partial charge in [-0.05, 0) is 26.7 Å². The minimum absolute atomic E-state index is 0.111. The molecule has 19 heavy (non-hydrogen) atoms. The van der Waals surface area contributed by atoms with E-state index in [4.69, 9.17) is 9.84 Å². The van der Waals surface area contributed by atoms with Crippen molar-refractivity contribution in [3.8, 4) is 0 Å². The molecule has 6 nitrogen and oxygen atoms in total. The van der Waals surface area contributed by atoms with Gasteiger partial charge in [-0.1, -0.05) is 6.92 Å². The third-order valence-electron chi connectivity index (χ3n) is 2.77. The van der Waals surface area contributed by atoms with E-state index in [0.29, 0.717) is 12.8 Å². The molecule has 0 bridgehead atoms. The molecule has 0 rings (SSSR count). The molecule has 0 saturated heterocycles. The average Bonchev–Trinajstić information content (AvgIpc) is 2.33. The van der Waals surface area contributed by atoms with Crippen LogP contribution in [0.3, 0.4) is 0 Å². The molecular formula is C13H22O6. The number of carboxylic acid groups (broad SMARTS) is 1. The van der Waals surface area contributed by atoms with E-state index in [0.717, 1.165) is 0 Å². The first-order valence-corrected chi connectivity index (χ1v) is 6.34. The van der Waals surface area contributed by atoms with Crippen LogP contribution in [0.25, 0.3) is 0 Å². The second-order valence-corrected chi connectivity index (χ2v) is 4.84. The Morgan fingerprint density at radius 3 is 2.21 bits per heavy atom. The molecule has 0 aliphatic rings. The molecule has 0 spiro atoms. The number of esters is 2. The summed E-state index contributed by atoms with van der Waals surface area (Å²) in [6.07, 6.45) is 0.964. The van der Waals surface area contributed by atoms with E-state index in [9.17, 15) is 14.4 Å². The van der Waals surface area contributed by atoms with Crippen LogP contribution in [-0.4, -0.2) is 36.2 Å². The minimum Gasteiger partial charge on any atom is -0.481 e. The normalized spacial score (nSPS) is 10.9. The number of hydrogen-bond acceptors (Lipinski definition) is 5. The van der Waals surface area contributed by atoms with Gasteiger partial charge in [0.15, 0.2) is 0 Å². The van der Waals surface area contributed by atoms with Gasteiger partial charge in [-0.2, -0.15) is 0 Å². The first-order chi connectivity index (χ1) is 8.79. The molecule has 0 heterocycles. The summed E-state index contributed by atoms with van der Waals surface area (Å²) in [5.74, 6) is -1.77. The molecule has 1 N–H and O–H groups in total. The number of carbonyl (C=O) groups excluding carboxylic acids is 2. The maximum absolute atomic E-state index is 11.6. The second kappa shape index (κ2) is 8.50. The molecule has 0 atom stereocenters. The number of ether oxygens (including phenoxy) is 2. The Balaban J connectivity index is 3.67. The highest BCUT2D eigenvalue weighted by atomic mass is 16.5. The first-order valence-electron chi connectivity index (χ1n) is 6.34. The fraction of sp³-hybridized carbons (Fsp3) is 0.769. The number of rotatable bonds is 9. The van der Waals surface area contributed by atoms with Crippen molar-refractivity contribution in [3.05, 3.63) is 0 Å². The largest absolute Gasteiger partial charge is 0.481 e. The predicted octanol–water partition coefficient (Wildman–Crippen LogP) is 1.76. The van der Waals surface area contributed by atoms with Gasteiger partial charge in [-0.15, -0.1) is 0 Å². The van der Waals surface area contributed by atoms with E-state index in [1.54, 1.807) is 13.8 Å². The summed E-state index contributed by atoms with van der Waals surface area (Å²) in [6.45, 7) is 5.54. The number of aliphatic carboxylic acids is 1. The predicted molar refractivity (Wildman–Crippen MR) is 67.5 cm³/mol. The summed E-state index contributed by atoms with van der Waals surface area (Å²) >= 11 is 0. The summed E-state index contributed by atoms with van der Waals surface area (Å²) in [7, 11) is 0. The van der Waals surface area contributed by atoms with Crippen LogP contribution in [0, 0.1) is 5.41 Å². The highest BCUT2D eigenvalue weighted by Crippen LogP contribution is 2.21. The fourth-order valence-corrected chi connectivity index (χ4v) is 1.05. The van der Waals surface area contributed by atoms with E-state index in [1.165, 1.54) is 0 Å². The van der Waals surface area contributed by atoms with Crippen LogP contribution in [0.2, 0.25) is 0 Å². The van der Waals surface area contributed by atoms with Gasteiger partial charge in [0.25, 0.3) is 0 Å². The van der Waals surface area contributed by atoms with Crippen molar-refractivity contribution in [1.29, 1.82) is 0 Å². The molecule has 0 aromatic rings. The third kappa shape index (κ3) is 8.18. The van der Waals surface area contributed by atoms with Crippen molar-refractivity contribution in [2.75, 3.05) is 13.2 Å². The minimum atomic E-state index is -1.01. The zero-order valence-electron chi connectivity index (χ0n) is 11.7. The topological polar surface area (TPSA) is 89.9 Å². The molecule has 0 amide bonds. The Hall–Kier alpha value is -1.59. The molecule has 0 unspecified atom stereocenters. The van der Waals surface area contributed by atoms with Crippen LogP contribution >= 0.6 is 0 Å². The summed E-state index contributed by atoms with van der Waals surface area (Å²) in [6, 6.07) is 0. The first kappa shape index (κ1) is 17.4. The van der Waals surface area contributed by atoms with Gasteiger partial charge in [0, 0.05) is 6.42 Å². The molecule has 0 radical (unpaired) electrons. The fourth-order valence-electron chi connectivity index (χ4n) is 1.05. The van der Waals surface area contributed by atoms with Crippen molar-refractivity contribution in [3.63, 3.8) is 0 Å². The summed E-state index contributed by atoms with van der Waals surface area (Å²) in [4.78, 5) is 32.9. The van der Waals surface area contributed by atoms with Crippen LogP contribution in [0.4, 0.5) is 0 Å². The zero-order valence-corrected chi connectivity index (χ0v) is 11.7. The van der Waals surface area contributed by atoms with Gasteiger partial charge in [0.05, 0.1) is 18.4 Å². The standard InChI is InChI=1S/C13H22O6/c1-4-13(2,3)12(17)19-8-5-6-11(16)18-9-7-10(14)15/h4-9H2,1-3H3,(H,14,15). The molecule has 0 aliphatic carbocycles. The SMILES string of the molecule is CCC(C)(C)C(=O)OCCCC(=O)OCCC(=O)O. The van der Waals surface area contributed by atoms with Gasteiger partial charge in [0.2, 0.25) is 0 Å². The Morgan fingerprint density at radius 1 is 1.05 bits per heavy atom. The van der Waals surface area contributed by atoms with Gasteiger partial charge in [0.1, 0.15) is 6.61 Å². The zero-order chi connectivity index (χ0) is 14.9.